The number of hydrogen-bond acceptors (Lipinski definition) is 7. The number of ether oxygens (including phenoxy) is 2. The Hall–Kier alpha value is -3.19. The number of fused-ring (bicyclic) bond motifs is 1. The van der Waals surface area contributed by atoms with E-state index >= 15 is 0 Å². The zero-order valence-electron chi connectivity index (χ0n) is 20.9. The van der Waals surface area contributed by atoms with Crippen LogP contribution >= 0.6 is 0 Å². The SMILES string of the molecule is COCCNC(=O)c1nnc2n1CC1(CC2)CCN(Cc2cccc(OC)c2)CC1.O=C(O)C(F)(F)F. The molecule has 13 heteroatoms. The number of carboxylic acids is 1. The summed E-state index contributed by atoms with van der Waals surface area (Å²) in [4.78, 5) is 23.9. The Morgan fingerprint density at radius 1 is 1.16 bits per heavy atom. The summed E-state index contributed by atoms with van der Waals surface area (Å²) in [7, 11) is 3.33. The van der Waals surface area contributed by atoms with Gasteiger partial charge in [-0.1, -0.05) is 12.1 Å². The van der Waals surface area contributed by atoms with Crippen LogP contribution in [0.15, 0.2) is 24.3 Å². The van der Waals surface area contributed by atoms with Gasteiger partial charge in [-0.25, -0.2) is 4.79 Å². The van der Waals surface area contributed by atoms with Crippen LogP contribution in [-0.4, -0.2) is 83.3 Å². The second-order valence-corrected chi connectivity index (χ2v) is 9.21. The predicted octanol–water partition coefficient (Wildman–Crippen LogP) is 2.52. The number of carbonyl (C=O) groups excluding carboxylic acids is 1. The number of aromatic nitrogens is 3. The van der Waals surface area contributed by atoms with Crippen molar-refractivity contribution >= 4 is 11.9 Å². The maximum Gasteiger partial charge on any atom is 0.490 e. The molecule has 4 rings (SSSR count). The van der Waals surface area contributed by atoms with Crippen molar-refractivity contribution in [3.05, 3.63) is 41.5 Å². The van der Waals surface area contributed by atoms with Crippen molar-refractivity contribution in [2.45, 2.75) is 44.9 Å². The van der Waals surface area contributed by atoms with Crippen LogP contribution in [0.4, 0.5) is 13.2 Å². The quantitative estimate of drug-likeness (QED) is 0.528. The molecule has 1 fully saturated rings. The Morgan fingerprint density at radius 3 is 2.49 bits per heavy atom. The Morgan fingerprint density at radius 2 is 1.86 bits per heavy atom. The van der Waals surface area contributed by atoms with E-state index in [4.69, 9.17) is 19.4 Å². The summed E-state index contributed by atoms with van der Waals surface area (Å²) in [6, 6.07) is 8.30. The van der Waals surface area contributed by atoms with Gasteiger partial charge in [0.2, 0.25) is 5.82 Å². The summed E-state index contributed by atoms with van der Waals surface area (Å²) in [6.45, 7) is 4.85. The van der Waals surface area contributed by atoms with Crippen LogP contribution in [0.25, 0.3) is 0 Å². The van der Waals surface area contributed by atoms with Gasteiger partial charge in [0, 0.05) is 33.2 Å². The molecule has 204 valence electrons. The van der Waals surface area contributed by atoms with Crippen molar-refractivity contribution in [3.8, 4) is 5.75 Å². The number of benzene rings is 1. The van der Waals surface area contributed by atoms with E-state index in [0.29, 0.717) is 19.0 Å². The van der Waals surface area contributed by atoms with E-state index in [1.54, 1.807) is 14.2 Å². The number of alkyl halides is 3. The molecule has 0 atom stereocenters. The molecule has 3 heterocycles. The topological polar surface area (TPSA) is 119 Å². The lowest BCUT2D eigenvalue weighted by atomic mass is 9.73. The molecule has 1 aromatic carbocycles. The number of carbonyl (C=O) groups is 2. The number of nitrogens with zero attached hydrogens (tertiary/aromatic N) is 4. The number of piperidine rings is 1. The molecule has 0 aliphatic carbocycles. The average molecular weight is 528 g/mol. The molecule has 0 bridgehead atoms. The standard InChI is InChI=1S/C22H31N5O3.C2HF3O2/c1-29-13-10-23-21(28)20-25-24-19-6-7-22(16-27(19)20)8-11-26(12-9-22)15-17-4-3-5-18(14-17)30-2;3-2(4,5)1(6)7/h3-5,14H,6-13,15-16H2,1-2H3,(H,23,28);(H,6,7). The Balaban J connectivity index is 0.000000479. The number of carboxylic acid groups (broad SMARTS) is 1. The molecule has 2 aliphatic rings. The predicted molar refractivity (Wildman–Crippen MR) is 126 cm³/mol. The molecule has 2 aromatic rings. The van der Waals surface area contributed by atoms with Crippen molar-refractivity contribution in [1.82, 2.24) is 25.0 Å². The lowest BCUT2D eigenvalue weighted by Crippen LogP contribution is -2.45. The van der Waals surface area contributed by atoms with E-state index in [-0.39, 0.29) is 11.3 Å². The third-order valence-corrected chi connectivity index (χ3v) is 6.69. The normalized spacial score (nSPS) is 16.9. The second kappa shape index (κ2) is 12.4. The van der Waals surface area contributed by atoms with Crippen LogP contribution in [0, 0.1) is 5.41 Å². The minimum absolute atomic E-state index is 0.168. The number of nitrogens with one attached hydrogen (secondary N) is 1. The molecule has 1 saturated heterocycles. The van der Waals surface area contributed by atoms with Gasteiger partial charge in [-0.05, 0) is 55.5 Å². The zero-order valence-corrected chi connectivity index (χ0v) is 20.9. The van der Waals surface area contributed by atoms with E-state index in [1.165, 1.54) is 5.56 Å². The van der Waals surface area contributed by atoms with Gasteiger partial charge in [0.15, 0.2) is 0 Å². The minimum Gasteiger partial charge on any atom is -0.497 e. The minimum atomic E-state index is -5.08. The lowest BCUT2D eigenvalue weighted by molar-refractivity contribution is -0.192. The number of likely N-dealkylation sites (tertiary alicyclic amines) is 1. The van der Waals surface area contributed by atoms with Gasteiger partial charge in [-0.3, -0.25) is 9.69 Å². The van der Waals surface area contributed by atoms with Crippen molar-refractivity contribution in [2.24, 2.45) is 5.41 Å². The Kier molecular flexibility index (Phi) is 9.49. The number of methoxy groups -OCH3 is 2. The fourth-order valence-corrected chi connectivity index (χ4v) is 4.61. The molecule has 1 spiro atoms. The first-order chi connectivity index (χ1) is 17.6. The molecule has 0 saturated carbocycles. The highest BCUT2D eigenvalue weighted by Crippen LogP contribution is 2.41. The summed E-state index contributed by atoms with van der Waals surface area (Å²) >= 11 is 0. The highest BCUT2D eigenvalue weighted by Gasteiger charge is 2.40. The van der Waals surface area contributed by atoms with E-state index in [2.05, 4.69) is 32.5 Å². The fraction of sp³-hybridized carbons (Fsp3) is 0.583. The Labute approximate surface area is 212 Å². The highest BCUT2D eigenvalue weighted by molar-refractivity contribution is 5.90. The van der Waals surface area contributed by atoms with Crippen LogP contribution in [0.2, 0.25) is 0 Å². The van der Waals surface area contributed by atoms with Gasteiger partial charge < -0.3 is 24.5 Å². The summed E-state index contributed by atoms with van der Waals surface area (Å²) in [6.07, 6.45) is -0.837. The number of rotatable bonds is 7. The highest BCUT2D eigenvalue weighted by atomic mass is 19.4. The third kappa shape index (κ3) is 7.65. The first-order valence-corrected chi connectivity index (χ1v) is 11.9. The van der Waals surface area contributed by atoms with Gasteiger partial charge >= 0.3 is 12.1 Å². The van der Waals surface area contributed by atoms with Crippen molar-refractivity contribution in [1.29, 1.82) is 0 Å². The van der Waals surface area contributed by atoms with Crippen LogP contribution in [0.1, 0.15) is 41.3 Å². The monoisotopic (exact) mass is 527 g/mol. The Bertz CT molecular complexity index is 1070. The molecule has 0 radical (unpaired) electrons. The molecule has 1 amide bonds. The molecule has 1 aromatic heterocycles. The van der Waals surface area contributed by atoms with Crippen molar-refractivity contribution < 1.29 is 37.3 Å². The van der Waals surface area contributed by atoms with Gasteiger partial charge in [0.1, 0.15) is 11.6 Å². The molecule has 2 aliphatic heterocycles. The van der Waals surface area contributed by atoms with Crippen LogP contribution in [0.5, 0.6) is 5.75 Å². The van der Waals surface area contributed by atoms with Crippen LogP contribution < -0.4 is 10.1 Å². The van der Waals surface area contributed by atoms with E-state index < -0.39 is 12.1 Å². The molecular weight excluding hydrogens is 495 g/mol. The lowest BCUT2D eigenvalue weighted by Gasteiger charge is -2.44. The van der Waals surface area contributed by atoms with Gasteiger partial charge in [0.05, 0.1) is 13.7 Å². The molecule has 0 unspecified atom stereocenters. The van der Waals surface area contributed by atoms with Crippen LogP contribution in [0.3, 0.4) is 0 Å². The average Bonchev–Trinajstić information content (AvgIpc) is 3.28. The summed E-state index contributed by atoms with van der Waals surface area (Å²) < 4.78 is 44.1. The van der Waals surface area contributed by atoms with Gasteiger partial charge in [-0.2, -0.15) is 13.2 Å². The number of aliphatic carboxylic acids is 1. The van der Waals surface area contributed by atoms with E-state index in [9.17, 15) is 18.0 Å². The molecule has 37 heavy (non-hydrogen) atoms. The molecular formula is C24H32F3N5O5. The van der Waals surface area contributed by atoms with Gasteiger partial charge in [-0.15, -0.1) is 10.2 Å². The maximum atomic E-state index is 12.5. The summed E-state index contributed by atoms with van der Waals surface area (Å²) in [5, 5.41) is 18.4. The maximum absolute atomic E-state index is 12.5. The number of hydrogen-bond donors (Lipinski definition) is 2. The largest absolute Gasteiger partial charge is 0.497 e. The summed E-state index contributed by atoms with van der Waals surface area (Å²) in [5.74, 6) is -0.661. The van der Waals surface area contributed by atoms with Crippen molar-refractivity contribution in [2.75, 3.05) is 40.5 Å². The van der Waals surface area contributed by atoms with E-state index in [0.717, 1.165) is 63.4 Å². The van der Waals surface area contributed by atoms with Crippen molar-refractivity contribution in [3.63, 3.8) is 0 Å². The molecule has 2 N–H and O–H groups in total. The number of aryl methyl sites for hydroxylation is 1. The van der Waals surface area contributed by atoms with E-state index in [1.807, 2.05) is 16.7 Å². The van der Waals surface area contributed by atoms with Crippen LogP contribution in [-0.2, 0) is 29.0 Å². The summed E-state index contributed by atoms with van der Waals surface area (Å²) in [5.41, 5.74) is 1.51. The number of halogens is 3. The zero-order chi connectivity index (χ0) is 27.1. The smallest absolute Gasteiger partial charge is 0.490 e. The molecule has 10 nitrogen and oxygen atoms in total. The first-order valence-electron chi connectivity index (χ1n) is 11.9. The van der Waals surface area contributed by atoms with Gasteiger partial charge in [0.25, 0.3) is 5.91 Å². The third-order valence-electron chi connectivity index (χ3n) is 6.69. The fourth-order valence-electron chi connectivity index (χ4n) is 4.61. The first kappa shape index (κ1) is 28.4. The number of amides is 1. The second-order valence-electron chi connectivity index (χ2n) is 9.21.